The SMILES string of the molecule is CC(C)(C(=O)O)c1cc(=O)[nH][nH]1. The Morgan fingerprint density at radius 2 is 2.08 bits per heavy atom. The van der Waals surface area contributed by atoms with Crippen molar-refractivity contribution < 1.29 is 9.90 Å². The van der Waals surface area contributed by atoms with Crippen LogP contribution in [0, 0.1) is 0 Å². The van der Waals surface area contributed by atoms with Gasteiger partial charge in [0.15, 0.2) is 0 Å². The van der Waals surface area contributed by atoms with Gasteiger partial charge in [0, 0.05) is 6.07 Å². The summed E-state index contributed by atoms with van der Waals surface area (Å²) in [6, 6.07) is 1.24. The number of aromatic amines is 2. The summed E-state index contributed by atoms with van der Waals surface area (Å²) in [6.07, 6.45) is 0. The van der Waals surface area contributed by atoms with E-state index in [9.17, 15) is 9.59 Å². The van der Waals surface area contributed by atoms with Crippen LogP contribution in [0.15, 0.2) is 10.9 Å². The average Bonchev–Trinajstić information content (AvgIpc) is 2.35. The van der Waals surface area contributed by atoms with E-state index in [1.54, 1.807) is 0 Å². The molecule has 0 amide bonds. The summed E-state index contributed by atoms with van der Waals surface area (Å²) in [7, 11) is 0. The van der Waals surface area contributed by atoms with E-state index in [1.165, 1.54) is 19.9 Å². The second-order valence-electron chi connectivity index (χ2n) is 3.10. The molecule has 0 aliphatic heterocycles. The minimum Gasteiger partial charge on any atom is -0.481 e. The molecule has 0 aromatic carbocycles. The Morgan fingerprint density at radius 1 is 1.50 bits per heavy atom. The van der Waals surface area contributed by atoms with Crippen molar-refractivity contribution in [3.63, 3.8) is 0 Å². The van der Waals surface area contributed by atoms with Gasteiger partial charge in [-0.2, -0.15) is 0 Å². The van der Waals surface area contributed by atoms with Gasteiger partial charge < -0.3 is 10.2 Å². The van der Waals surface area contributed by atoms with Gasteiger partial charge in [-0.25, -0.2) is 0 Å². The van der Waals surface area contributed by atoms with E-state index in [4.69, 9.17) is 5.11 Å². The predicted molar refractivity (Wildman–Crippen MR) is 42.1 cm³/mol. The van der Waals surface area contributed by atoms with E-state index in [0.717, 1.165) is 0 Å². The lowest BCUT2D eigenvalue weighted by Gasteiger charge is -2.15. The molecule has 0 radical (unpaired) electrons. The lowest BCUT2D eigenvalue weighted by molar-refractivity contribution is -0.142. The van der Waals surface area contributed by atoms with E-state index in [2.05, 4.69) is 10.2 Å². The monoisotopic (exact) mass is 170 g/mol. The number of rotatable bonds is 2. The molecule has 0 aliphatic rings. The second-order valence-corrected chi connectivity index (χ2v) is 3.10. The molecule has 1 heterocycles. The third-order valence-corrected chi connectivity index (χ3v) is 1.80. The number of carbonyl (C=O) groups is 1. The number of aromatic nitrogens is 2. The summed E-state index contributed by atoms with van der Waals surface area (Å²) >= 11 is 0. The average molecular weight is 170 g/mol. The third kappa shape index (κ3) is 1.25. The van der Waals surface area contributed by atoms with Crippen molar-refractivity contribution in [2.45, 2.75) is 19.3 Å². The lowest BCUT2D eigenvalue weighted by Crippen LogP contribution is -2.29. The second kappa shape index (κ2) is 2.51. The first-order chi connectivity index (χ1) is 5.44. The summed E-state index contributed by atoms with van der Waals surface area (Å²) in [5.41, 5.74) is -1.00. The normalized spacial score (nSPS) is 11.5. The molecule has 0 saturated carbocycles. The molecule has 1 aromatic heterocycles. The molecule has 0 unspecified atom stereocenters. The molecule has 12 heavy (non-hydrogen) atoms. The zero-order valence-electron chi connectivity index (χ0n) is 6.84. The van der Waals surface area contributed by atoms with Gasteiger partial charge >= 0.3 is 5.97 Å². The minimum absolute atomic E-state index is 0.320. The fourth-order valence-corrected chi connectivity index (χ4v) is 0.784. The first kappa shape index (κ1) is 8.58. The van der Waals surface area contributed by atoms with Crippen LogP contribution >= 0.6 is 0 Å². The van der Waals surface area contributed by atoms with E-state index in [1.807, 2.05) is 0 Å². The van der Waals surface area contributed by atoms with Crippen molar-refractivity contribution in [2.24, 2.45) is 0 Å². The maximum Gasteiger partial charge on any atom is 0.315 e. The molecule has 5 nitrogen and oxygen atoms in total. The maximum atomic E-state index is 10.7. The molecule has 0 aliphatic carbocycles. The number of hydrogen-bond acceptors (Lipinski definition) is 2. The number of hydrogen-bond donors (Lipinski definition) is 3. The predicted octanol–water partition coefficient (Wildman–Crippen LogP) is 0.0652. The fourth-order valence-electron chi connectivity index (χ4n) is 0.784. The van der Waals surface area contributed by atoms with Crippen LogP contribution in [0.3, 0.4) is 0 Å². The van der Waals surface area contributed by atoms with Crippen LogP contribution in [-0.4, -0.2) is 21.3 Å². The van der Waals surface area contributed by atoms with Crippen molar-refractivity contribution in [1.29, 1.82) is 0 Å². The topological polar surface area (TPSA) is 85.9 Å². The molecule has 5 heteroatoms. The highest BCUT2D eigenvalue weighted by molar-refractivity contribution is 5.79. The van der Waals surface area contributed by atoms with Crippen LogP contribution in [-0.2, 0) is 10.2 Å². The standard InChI is InChI=1S/C7H10N2O3/c1-7(2,6(11)12)4-3-5(10)9-8-4/h3H,1-2H3,(H,11,12)(H2,8,9,10). The summed E-state index contributed by atoms with van der Waals surface area (Å²) in [4.78, 5) is 21.4. The highest BCUT2D eigenvalue weighted by Crippen LogP contribution is 2.19. The molecule has 66 valence electrons. The van der Waals surface area contributed by atoms with Gasteiger partial charge in [-0.15, -0.1) is 0 Å². The van der Waals surface area contributed by atoms with Crippen molar-refractivity contribution in [2.75, 3.05) is 0 Å². The van der Waals surface area contributed by atoms with E-state index < -0.39 is 11.4 Å². The van der Waals surface area contributed by atoms with Crippen molar-refractivity contribution in [3.8, 4) is 0 Å². The molecule has 0 bridgehead atoms. The molecule has 3 N–H and O–H groups in total. The van der Waals surface area contributed by atoms with Gasteiger partial charge in [0.1, 0.15) is 5.41 Å². The largest absolute Gasteiger partial charge is 0.481 e. The van der Waals surface area contributed by atoms with Crippen LogP contribution in [0.4, 0.5) is 0 Å². The summed E-state index contributed by atoms with van der Waals surface area (Å²) in [6.45, 7) is 3.04. The number of carboxylic acids is 1. The van der Waals surface area contributed by atoms with Gasteiger partial charge in [-0.3, -0.25) is 14.7 Å². The molecular weight excluding hydrogens is 160 g/mol. The van der Waals surface area contributed by atoms with Crippen molar-refractivity contribution >= 4 is 5.97 Å². The Bertz CT molecular complexity index is 348. The Hall–Kier alpha value is -1.52. The number of nitrogens with one attached hydrogen (secondary N) is 2. The number of carboxylic acid groups (broad SMARTS) is 1. The molecule has 1 aromatic rings. The molecule has 0 saturated heterocycles. The highest BCUT2D eigenvalue weighted by Gasteiger charge is 2.31. The third-order valence-electron chi connectivity index (χ3n) is 1.80. The Labute approximate surface area is 68.4 Å². The molecular formula is C7H10N2O3. The number of H-pyrrole nitrogens is 2. The smallest absolute Gasteiger partial charge is 0.315 e. The van der Waals surface area contributed by atoms with Gasteiger partial charge in [0.05, 0.1) is 5.69 Å². The van der Waals surface area contributed by atoms with Crippen LogP contribution in [0.1, 0.15) is 19.5 Å². The molecule has 0 atom stereocenters. The van der Waals surface area contributed by atoms with Crippen LogP contribution < -0.4 is 5.56 Å². The molecule has 0 spiro atoms. The first-order valence-corrected chi connectivity index (χ1v) is 3.46. The van der Waals surface area contributed by atoms with E-state index in [0.29, 0.717) is 5.69 Å². The lowest BCUT2D eigenvalue weighted by atomic mass is 9.90. The van der Waals surface area contributed by atoms with E-state index >= 15 is 0 Å². The Morgan fingerprint density at radius 3 is 2.42 bits per heavy atom. The first-order valence-electron chi connectivity index (χ1n) is 3.46. The quantitative estimate of drug-likeness (QED) is 0.586. The van der Waals surface area contributed by atoms with Gasteiger partial charge in [0.25, 0.3) is 5.56 Å². The minimum atomic E-state index is -1.06. The van der Waals surface area contributed by atoms with Crippen molar-refractivity contribution in [1.82, 2.24) is 10.2 Å². The fraction of sp³-hybridized carbons (Fsp3) is 0.429. The van der Waals surface area contributed by atoms with Crippen LogP contribution in [0.5, 0.6) is 0 Å². The van der Waals surface area contributed by atoms with Gasteiger partial charge in [-0.1, -0.05) is 0 Å². The molecule has 1 rings (SSSR count). The summed E-state index contributed by atoms with van der Waals surface area (Å²) in [5, 5.41) is 13.6. The zero-order chi connectivity index (χ0) is 9.35. The van der Waals surface area contributed by atoms with Crippen molar-refractivity contribution in [3.05, 3.63) is 22.1 Å². The summed E-state index contributed by atoms with van der Waals surface area (Å²) < 4.78 is 0. The Balaban J connectivity index is 3.13. The number of aliphatic carboxylic acids is 1. The van der Waals surface area contributed by atoms with Crippen LogP contribution in [0.2, 0.25) is 0 Å². The van der Waals surface area contributed by atoms with E-state index in [-0.39, 0.29) is 5.56 Å². The Kier molecular flexibility index (Phi) is 1.79. The highest BCUT2D eigenvalue weighted by atomic mass is 16.4. The van der Waals surface area contributed by atoms with Gasteiger partial charge in [-0.05, 0) is 13.8 Å². The maximum absolute atomic E-state index is 10.7. The zero-order valence-corrected chi connectivity index (χ0v) is 6.84. The van der Waals surface area contributed by atoms with Gasteiger partial charge in [0.2, 0.25) is 0 Å². The molecule has 0 fully saturated rings. The van der Waals surface area contributed by atoms with Crippen LogP contribution in [0.25, 0.3) is 0 Å². The summed E-state index contributed by atoms with van der Waals surface area (Å²) in [5.74, 6) is -0.974.